The number of nitrogens with two attached hydrogens (primary N) is 1. The Labute approximate surface area is 167 Å². The molecule has 1 aromatic carbocycles. The third-order valence-electron chi connectivity index (χ3n) is 4.28. The van der Waals surface area contributed by atoms with E-state index < -0.39 is 0 Å². The number of nitrogens with one attached hydrogen (secondary N) is 2. The van der Waals surface area contributed by atoms with Crippen LogP contribution < -0.4 is 21.1 Å². The quantitative estimate of drug-likeness (QED) is 0.253. The molecule has 140 valence electrons. The first-order valence-corrected chi connectivity index (χ1v) is 8.65. The summed E-state index contributed by atoms with van der Waals surface area (Å²) in [5.41, 5.74) is 6.68. The lowest BCUT2D eigenvalue weighted by Gasteiger charge is -2.20. The number of carbonyl (C=O) groups is 1. The highest BCUT2D eigenvalue weighted by molar-refractivity contribution is 14.0. The second-order valence-corrected chi connectivity index (χ2v) is 6.18. The van der Waals surface area contributed by atoms with Crippen LogP contribution >= 0.6 is 24.0 Å². The first-order valence-electron chi connectivity index (χ1n) is 8.65. The molecule has 1 saturated carbocycles. The van der Waals surface area contributed by atoms with Crippen LogP contribution in [0.3, 0.4) is 0 Å². The van der Waals surface area contributed by atoms with Crippen molar-refractivity contribution in [1.29, 1.82) is 0 Å². The predicted molar refractivity (Wildman–Crippen MR) is 113 cm³/mol. The molecule has 1 aromatic rings. The monoisotopic (exact) mass is 460 g/mol. The van der Waals surface area contributed by atoms with Gasteiger partial charge < -0.3 is 21.1 Å². The van der Waals surface area contributed by atoms with Crippen LogP contribution in [0.25, 0.3) is 0 Å². The van der Waals surface area contributed by atoms with E-state index in [1.807, 2.05) is 24.3 Å². The number of aliphatic imine (C=N–C) groups is 1. The summed E-state index contributed by atoms with van der Waals surface area (Å²) >= 11 is 0. The maximum absolute atomic E-state index is 11.9. The van der Waals surface area contributed by atoms with Crippen molar-refractivity contribution >= 4 is 41.5 Å². The largest absolute Gasteiger partial charge is 0.497 e. The van der Waals surface area contributed by atoms with E-state index >= 15 is 0 Å². The smallest absolute Gasteiger partial charge is 0.220 e. The van der Waals surface area contributed by atoms with Gasteiger partial charge in [-0.3, -0.25) is 9.79 Å². The Kier molecular flexibility index (Phi) is 10.3. The SMILES string of the molecule is COc1ccc(NC(N)=NCCNC(=O)CC2CCCCC2)cc1.I. The van der Waals surface area contributed by atoms with Gasteiger partial charge in [-0.1, -0.05) is 19.3 Å². The van der Waals surface area contributed by atoms with E-state index in [1.54, 1.807) is 7.11 Å². The van der Waals surface area contributed by atoms with Crippen LogP contribution in [0.2, 0.25) is 0 Å². The summed E-state index contributed by atoms with van der Waals surface area (Å²) in [6.45, 7) is 0.974. The number of hydrogen-bond donors (Lipinski definition) is 3. The van der Waals surface area contributed by atoms with E-state index in [0.717, 1.165) is 11.4 Å². The Bertz CT molecular complexity index is 543. The molecule has 6 nitrogen and oxygen atoms in total. The number of nitrogens with zero attached hydrogens (tertiary/aromatic N) is 1. The predicted octanol–water partition coefficient (Wildman–Crippen LogP) is 3.13. The number of guanidine groups is 1. The van der Waals surface area contributed by atoms with Crippen molar-refractivity contribution in [3.8, 4) is 5.75 Å². The number of carbonyl (C=O) groups excluding carboxylic acids is 1. The minimum Gasteiger partial charge on any atom is -0.497 e. The van der Waals surface area contributed by atoms with Crippen molar-refractivity contribution in [2.24, 2.45) is 16.6 Å². The molecular weight excluding hydrogens is 431 g/mol. The molecule has 25 heavy (non-hydrogen) atoms. The minimum absolute atomic E-state index is 0. The van der Waals surface area contributed by atoms with Crippen molar-refractivity contribution in [1.82, 2.24) is 5.32 Å². The van der Waals surface area contributed by atoms with E-state index in [4.69, 9.17) is 10.5 Å². The molecule has 7 heteroatoms. The number of halogens is 1. The van der Waals surface area contributed by atoms with E-state index in [1.165, 1.54) is 32.1 Å². The van der Waals surface area contributed by atoms with Crippen LogP contribution in [0.15, 0.2) is 29.3 Å². The van der Waals surface area contributed by atoms with Crippen LogP contribution in [-0.4, -0.2) is 32.1 Å². The summed E-state index contributed by atoms with van der Waals surface area (Å²) in [5, 5.41) is 5.92. The summed E-state index contributed by atoms with van der Waals surface area (Å²) < 4.78 is 5.10. The van der Waals surface area contributed by atoms with Gasteiger partial charge in [-0.15, -0.1) is 24.0 Å². The Balaban J connectivity index is 0.00000312. The van der Waals surface area contributed by atoms with Gasteiger partial charge in [-0.25, -0.2) is 0 Å². The Morgan fingerprint density at radius 2 is 1.92 bits per heavy atom. The van der Waals surface area contributed by atoms with E-state index in [9.17, 15) is 4.79 Å². The fraction of sp³-hybridized carbons (Fsp3) is 0.556. The van der Waals surface area contributed by atoms with Crippen LogP contribution in [0.1, 0.15) is 38.5 Å². The van der Waals surface area contributed by atoms with Crippen molar-refractivity contribution in [2.45, 2.75) is 38.5 Å². The number of hydrogen-bond acceptors (Lipinski definition) is 3. The molecule has 0 aromatic heterocycles. The third-order valence-corrected chi connectivity index (χ3v) is 4.28. The van der Waals surface area contributed by atoms with Crippen molar-refractivity contribution in [3.05, 3.63) is 24.3 Å². The van der Waals surface area contributed by atoms with E-state index in [0.29, 0.717) is 31.4 Å². The Hall–Kier alpha value is -1.51. The molecular formula is C18H29IN4O2. The number of methoxy groups -OCH3 is 1. The first kappa shape index (κ1) is 21.5. The molecule has 0 spiro atoms. The van der Waals surface area contributed by atoms with E-state index in [2.05, 4.69) is 15.6 Å². The number of anilines is 1. The number of rotatable bonds is 7. The topological polar surface area (TPSA) is 88.7 Å². The minimum atomic E-state index is 0. The maximum Gasteiger partial charge on any atom is 0.220 e. The second kappa shape index (κ2) is 11.9. The Morgan fingerprint density at radius 3 is 2.56 bits per heavy atom. The fourth-order valence-electron chi connectivity index (χ4n) is 2.96. The van der Waals surface area contributed by atoms with Crippen LogP contribution in [0.4, 0.5) is 5.69 Å². The summed E-state index contributed by atoms with van der Waals surface area (Å²) in [6, 6.07) is 7.43. The summed E-state index contributed by atoms with van der Waals surface area (Å²) in [4.78, 5) is 16.1. The molecule has 0 bridgehead atoms. The number of benzene rings is 1. The number of ether oxygens (including phenoxy) is 1. The fourth-order valence-corrected chi connectivity index (χ4v) is 2.96. The summed E-state index contributed by atoms with van der Waals surface area (Å²) in [5.74, 6) is 1.81. The highest BCUT2D eigenvalue weighted by Gasteiger charge is 2.16. The molecule has 0 aliphatic heterocycles. The molecule has 1 aliphatic rings. The number of amides is 1. The standard InChI is InChI=1S/C18H28N4O2.HI/c1-24-16-9-7-15(8-10-16)22-18(19)21-12-11-20-17(23)13-14-5-3-2-4-6-14;/h7-10,14H,2-6,11-13H2,1H3,(H,20,23)(H3,19,21,22);1H. The van der Waals surface area contributed by atoms with Gasteiger partial charge in [0.05, 0.1) is 13.7 Å². The van der Waals surface area contributed by atoms with Gasteiger partial charge in [0.25, 0.3) is 0 Å². The zero-order valence-corrected chi connectivity index (χ0v) is 17.1. The first-order chi connectivity index (χ1) is 11.7. The van der Waals surface area contributed by atoms with Gasteiger partial charge in [0.2, 0.25) is 5.91 Å². The van der Waals surface area contributed by atoms with Gasteiger partial charge in [0.1, 0.15) is 5.75 Å². The average Bonchev–Trinajstić information content (AvgIpc) is 2.60. The summed E-state index contributed by atoms with van der Waals surface area (Å²) in [7, 11) is 1.63. The lowest BCUT2D eigenvalue weighted by atomic mass is 9.87. The van der Waals surface area contributed by atoms with Crippen LogP contribution in [-0.2, 0) is 4.79 Å². The van der Waals surface area contributed by atoms with Crippen molar-refractivity contribution < 1.29 is 9.53 Å². The zero-order chi connectivity index (χ0) is 17.2. The average molecular weight is 460 g/mol. The molecule has 0 heterocycles. The van der Waals surface area contributed by atoms with E-state index in [-0.39, 0.29) is 29.9 Å². The third kappa shape index (κ3) is 8.42. The molecule has 4 N–H and O–H groups in total. The summed E-state index contributed by atoms with van der Waals surface area (Å²) in [6.07, 6.45) is 6.84. The van der Waals surface area contributed by atoms with Crippen molar-refractivity contribution in [2.75, 3.05) is 25.5 Å². The molecule has 0 unspecified atom stereocenters. The normalized spacial score (nSPS) is 15.2. The molecule has 0 radical (unpaired) electrons. The molecule has 1 fully saturated rings. The highest BCUT2D eigenvalue weighted by atomic mass is 127. The maximum atomic E-state index is 11.9. The zero-order valence-electron chi connectivity index (χ0n) is 14.8. The molecule has 2 rings (SSSR count). The lowest BCUT2D eigenvalue weighted by Crippen LogP contribution is -2.30. The molecule has 1 aliphatic carbocycles. The van der Waals surface area contributed by atoms with Crippen LogP contribution in [0, 0.1) is 5.92 Å². The van der Waals surface area contributed by atoms with Gasteiger partial charge in [-0.2, -0.15) is 0 Å². The van der Waals surface area contributed by atoms with Gasteiger partial charge in [-0.05, 0) is 43.0 Å². The van der Waals surface area contributed by atoms with Gasteiger partial charge >= 0.3 is 0 Å². The van der Waals surface area contributed by atoms with Gasteiger partial charge in [0, 0.05) is 18.7 Å². The van der Waals surface area contributed by atoms with Gasteiger partial charge in [0.15, 0.2) is 5.96 Å². The molecule has 0 atom stereocenters. The lowest BCUT2D eigenvalue weighted by molar-refractivity contribution is -0.122. The Morgan fingerprint density at radius 1 is 1.24 bits per heavy atom. The molecule has 0 saturated heterocycles. The van der Waals surface area contributed by atoms with Crippen LogP contribution in [0.5, 0.6) is 5.75 Å². The second-order valence-electron chi connectivity index (χ2n) is 6.18. The highest BCUT2D eigenvalue weighted by Crippen LogP contribution is 2.25. The molecule has 1 amide bonds. The van der Waals surface area contributed by atoms with Crippen molar-refractivity contribution in [3.63, 3.8) is 0 Å².